The third-order valence-electron chi connectivity index (χ3n) is 3.67. The summed E-state index contributed by atoms with van der Waals surface area (Å²) in [6.07, 6.45) is -0.361. The van der Waals surface area contributed by atoms with Crippen molar-refractivity contribution in [2.24, 2.45) is 0 Å². The molecule has 2 aromatic carbocycles. The van der Waals surface area contributed by atoms with Crippen LogP contribution in [0.2, 0.25) is 0 Å². The quantitative estimate of drug-likeness (QED) is 0.617. The number of aromatic amines is 2. The van der Waals surface area contributed by atoms with E-state index in [1.807, 2.05) is 36.4 Å². The van der Waals surface area contributed by atoms with Gasteiger partial charge in [-0.3, -0.25) is 15.0 Å². The molecule has 1 heterocycles. The second-order valence-corrected chi connectivity index (χ2v) is 5.72. The summed E-state index contributed by atoms with van der Waals surface area (Å²) in [5.74, 6) is 1.22. The van der Waals surface area contributed by atoms with Gasteiger partial charge in [0.05, 0.1) is 12.3 Å². The number of nitrogens with one attached hydrogen (secondary N) is 2. The van der Waals surface area contributed by atoms with Crippen molar-refractivity contribution in [1.29, 1.82) is 0 Å². The normalized spacial score (nSPS) is 11.9. The van der Waals surface area contributed by atoms with Gasteiger partial charge in [-0.25, -0.2) is 0 Å². The van der Waals surface area contributed by atoms with E-state index in [2.05, 4.69) is 10.2 Å². The molecule has 0 radical (unpaired) electrons. The lowest BCUT2D eigenvalue weighted by molar-refractivity contribution is 0.130. The van der Waals surface area contributed by atoms with Crippen molar-refractivity contribution < 1.29 is 14.6 Å². The van der Waals surface area contributed by atoms with Crippen molar-refractivity contribution in [3.8, 4) is 22.8 Å². The number of hydrogen-bond donors (Lipinski definition) is 3. The molecule has 1 unspecified atom stereocenters. The molecule has 0 spiro atoms. The van der Waals surface area contributed by atoms with Gasteiger partial charge >= 0.3 is 0 Å². The van der Waals surface area contributed by atoms with Crippen LogP contribution in [-0.2, 0) is 6.61 Å². The average Bonchev–Trinajstić information content (AvgIpc) is 3.07. The minimum absolute atomic E-state index is 0.102. The van der Waals surface area contributed by atoms with Gasteiger partial charge in [0.2, 0.25) is 0 Å². The van der Waals surface area contributed by atoms with E-state index in [-0.39, 0.29) is 18.3 Å². The number of ether oxygens (including phenoxy) is 2. The summed E-state index contributed by atoms with van der Waals surface area (Å²) < 4.78 is 11.6. The first-order chi connectivity index (χ1) is 12.2. The molecule has 1 aromatic heterocycles. The summed E-state index contributed by atoms with van der Waals surface area (Å²) in [5.41, 5.74) is 2.11. The fourth-order valence-electron chi connectivity index (χ4n) is 2.38. The summed E-state index contributed by atoms with van der Waals surface area (Å²) in [4.78, 5) is 11.5. The highest BCUT2D eigenvalue weighted by Crippen LogP contribution is 2.33. The molecule has 3 aromatic rings. The van der Waals surface area contributed by atoms with E-state index in [9.17, 15) is 9.90 Å². The molecule has 0 bridgehead atoms. The smallest absolute Gasteiger partial charge is 0.264 e. The van der Waals surface area contributed by atoms with Crippen LogP contribution in [0.5, 0.6) is 11.5 Å². The van der Waals surface area contributed by atoms with Crippen molar-refractivity contribution in [2.75, 3.05) is 6.61 Å². The summed E-state index contributed by atoms with van der Waals surface area (Å²) in [5, 5.41) is 14.5. The molecule has 6 nitrogen and oxygen atoms in total. The molecule has 0 saturated heterocycles. The molecule has 3 rings (SSSR count). The fourth-order valence-corrected chi connectivity index (χ4v) is 2.38. The van der Waals surface area contributed by atoms with E-state index in [0.717, 1.165) is 5.56 Å². The second-order valence-electron chi connectivity index (χ2n) is 5.72. The molecule has 0 fully saturated rings. The molecular weight excluding hydrogens is 320 g/mol. The summed E-state index contributed by atoms with van der Waals surface area (Å²) in [6.45, 7) is 2.11. The van der Waals surface area contributed by atoms with E-state index in [1.165, 1.54) is 6.07 Å². The molecule has 0 saturated carbocycles. The van der Waals surface area contributed by atoms with Crippen LogP contribution in [0.1, 0.15) is 12.5 Å². The molecule has 0 aliphatic heterocycles. The third-order valence-corrected chi connectivity index (χ3v) is 3.67. The predicted molar refractivity (Wildman–Crippen MR) is 94.8 cm³/mol. The Labute approximate surface area is 145 Å². The first-order valence-electron chi connectivity index (χ1n) is 8.02. The third kappa shape index (κ3) is 4.30. The lowest BCUT2D eigenvalue weighted by Gasteiger charge is -2.16. The number of H-pyrrole nitrogens is 2. The van der Waals surface area contributed by atoms with E-state index in [4.69, 9.17) is 9.47 Å². The van der Waals surface area contributed by atoms with Gasteiger partial charge in [-0.05, 0) is 30.7 Å². The SMILES string of the molecule is CC(CO)Oc1ccc(OCc2ccccc2)cc1-c1cc(=O)[nH][nH]1. The Kier molecular flexibility index (Phi) is 5.20. The number of benzene rings is 2. The van der Waals surface area contributed by atoms with Gasteiger partial charge in [-0.2, -0.15) is 0 Å². The minimum Gasteiger partial charge on any atom is -0.489 e. The van der Waals surface area contributed by atoms with Crippen LogP contribution in [0.25, 0.3) is 11.3 Å². The summed E-state index contributed by atoms with van der Waals surface area (Å²) in [6, 6.07) is 16.7. The van der Waals surface area contributed by atoms with Gasteiger partial charge in [-0.15, -0.1) is 0 Å². The average molecular weight is 340 g/mol. The van der Waals surface area contributed by atoms with E-state index in [1.54, 1.807) is 19.1 Å². The van der Waals surface area contributed by atoms with Crippen molar-refractivity contribution in [3.63, 3.8) is 0 Å². The molecule has 6 heteroatoms. The Morgan fingerprint density at radius 2 is 1.88 bits per heavy atom. The Balaban J connectivity index is 1.87. The number of aliphatic hydroxyl groups excluding tert-OH is 1. The molecule has 130 valence electrons. The zero-order valence-corrected chi connectivity index (χ0v) is 13.9. The van der Waals surface area contributed by atoms with Gasteiger partial charge in [0.1, 0.15) is 24.2 Å². The number of aromatic nitrogens is 2. The van der Waals surface area contributed by atoms with Gasteiger partial charge in [0.15, 0.2) is 0 Å². The van der Waals surface area contributed by atoms with Gasteiger partial charge in [0.25, 0.3) is 5.56 Å². The molecule has 3 N–H and O–H groups in total. The maximum absolute atomic E-state index is 11.5. The van der Waals surface area contributed by atoms with Crippen molar-refractivity contribution >= 4 is 0 Å². The lowest BCUT2D eigenvalue weighted by Crippen LogP contribution is -2.16. The predicted octanol–water partition coefficient (Wildman–Crippen LogP) is 2.71. The molecule has 0 aliphatic rings. The molecule has 25 heavy (non-hydrogen) atoms. The molecule has 1 atom stereocenters. The summed E-state index contributed by atoms with van der Waals surface area (Å²) in [7, 11) is 0. The zero-order chi connectivity index (χ0) is 17.6. The van der Waals surface area contributed by atoms with Crippen molar-refractivity contribution in [2.45, 2.75) is 19.6 Å². The van der Waals surface area contributed by atoms with Crippen LogP contribution in [0.3, 0.4) is 0 Å². The maximum Gasteiger partial charge on any atom is 0.264 e. The van der Waals surface area contributed by atoms with Gasteiger partial charge in [0, 0.05) is 11.6 Å². The van der Waals surface area contributed by atoms with Crippen LogP contribution >= 0.6 is 0 Å². The topological polar surface area (TPSA) is 87.3 Å². The van der Waals surface area contributed by atoms with E-state index in [0.29, 0.717) is 29.4 Å². The zero-order valence-electron chi connectivity index (χ0n) is 13.9. The highest BCUT2D eigenvalue weighted by atomic mass is 16.5. The largest absolute Gasteiger partial charge is 0.489 e. The van der Waals surface area contributed by atoms with Crippen LogP contribution in [0.4, 0.5) is 0 Å². The van der Waals surface area contributed by atoms with Crippen molar-refractivity contribution in [3.05, 3.63) is 70.5 Å². The molecule has 0 aliphatic carbocycles. The number of rotatable bonds is 7. The van der Waals surface area contributed by atoms with E-state index >= 15 is 0 Å². The maximum atomic E-state index is 11.5. The lowest BCUT2D eigenvalue weighted by atomic mass is 10.1. The second kappa shape index (κ2) is 7.72. The van der Waals surface area contributed by atoms with Crippen LogP contribution < -0.4 is 15.0 Å². The van der Waals surface area contributed by atoms with Crippen molar-refractivity contribution in [1.82, 2.24) is 10.2 Å². The van der Waals surface area contributed by atoms with Gasteiger partial charge < -0.3 is 14.6 Å². The highest BCUT2D eigenvalue weighted by molar-refractivity contribution is 5.68. The van der Waals surface area contributed by atoms with Crippen LogP contribution in [0.15, 0.2) is 59.4 Å². The Hall–Kier alpha value is -2.99. The monoisotopic (exact) mass is 340 g/mol. The summed E-state index contributed by atoms with van der Waals surface area (Å²) >= 11 is 0. The Morgan fingerprint density at radius 1 is 1.08 bits per heavy atom. The highest BCUT2D eigenvalue weighted by Gasteiger charge is 2.13. The van der Waals surface area contributed by atoms with Crippen LogP contribution in [0, 0.1) is 0 Å². The standard InChI is InChI=1S/C19H20N2O4/c1-13(11-22)25-18-8-7-15(24-12-14-5-3-2-4-6-14)9-16(18)17-10-19(23)21-20-17/h2-10,13,22H,11-12H2,1H3,(H2,20,21,23). The van der Waals surface area contributed by atoms with Gasteiger partial charge in [-0.1, -0.05) is 30.3 Å². The molecule has 0 amide bonds. The first-order valence-corrected chi connectivity index (χ1v) is 8.02. The number of hydrogen-bond acceptors (Lipinski definition) is 4. The number of aliphatic hydroxyl groups is 1. The minimum atomic E-state index is -0.361. The van der Waals surface area contributed by atoms with Crippen LogP contribution in [-0.4, -0.2) is 28.0 Å². The Bertz CT molecular complexity index is 870. The van der Waals surface area contributed by atoms with E-state index < -0.39 is 0 Å². The fraction of sp³-hybridized carbons (Fsp3) is 0.211. The molecular formula is C19H20N2O4. The first kappa shape index (κ1) is 16.9. The Morgan fingerprint density at radius 3 is 2.56 bits per heavy atom.